The molecule has 1 aliphatic heterocycles. The number of hydrogen-bond acceptors (Lipinski definition) is 13. The molecule has 1 aromatic heterocycles. The number of aliphatic hydroxyl groups is 3. The number of carboxylic acids is 1. The molecule has 0 spiro atoms. The Labute approximate surface area is 249 Å². The van der Waals surface area contributed by atoms with Crippen molar-refractivity contribution in [3.05, 3.63) is 40.7 Å². The minimum Gasteiger partial charge on any atom is -0.547 e. The largest absolute Gasteiger partial charge is 1.00 e. The number of carbonyl (C=O) groups is 2. The van der Waals surface area contributed by atoms with E-state index in [1.807, 2.05) is 0 Å². The van der Waals surface area contributed by atoms with Gasteiger partial charge in [0, 0.05) is 6.54 Å². The maximum absolute atomic E-state index is 12.2. The van der Waals surface area contributed by atoms with Crippen LogP contribution in [-0.2, 0) is 16.0 Å². The van der Waals surface area contributed by atoms with Crippen molar-refractivity contribution in [2.45, 2.75) is 50.0 Å². The number of aliphatic carboxylic acids is 1. The molecule has 1 saturated heterocycles. The molecule has 1 aromatic carbocycles. The number of carbonyl (C=O) groups excluding carboxylic acids is 2. The van der Waals surface area contributed by atoms with Crippen molar-refractivity contribution in [2.24, 2.45) is 10.7 Å². The van der Waals surface area contributed by atoms with Crippen LogP contribution in [0.5, 0.6) is 5.75 Å². The molecule has 3 rings (SSSR count). The third-order valence-corrected chi connectivity index (χ3v) is 5.77. The van der Waals surface area contributed by atoms with E-state index in [1.165, 1.54) is 0 Å². The molecule has 2 heterocycles. The van der Waals surface area contributed by atoms with E-state index in [0.29, 0.717) is 19.4 Å². The molecule has 17 heteroatoms. The number of nitrogen functional groups attached to an aromatic ring is 2. The summed E-state index contributed by atoms with van der Waals surface area (Å²) in [6, 6.07) is 6.68. The van der Waals surface area contributed by atoms with Crippen molar-refractivity contribution in [2.75, 3.05) is 18.0 Å². The Morgan fingerprint density at radius 1 is 1.08 bits per heavy atom. The molecular formula is C22H27ClN7NaO8. The van der Waals surface area contributed by atoms with E-state index in [-0.39, 0.29) is 63.7 Å². The average molecular weight is 576 g/mol. The Morgan fingerprint density at radius 3 is 2.38 bits per heavy atom. The second-order valence-electron chi connectivity index (χ2n) is 8.29. The summed E-state index contributed by atoms with van der Waals surface area (Å²) in [5.74, 6) is -2.65. The fraction of sp³-hybridized carbons (Fsp3) is 0.409. The molecule has 1 aliphatic rings. The van der Waals surface area contributed by atoms with Gasteiger partial charge in [-0.15, -0.1) is 0 Å². The number of ether oxygens (including phenoxy) is 2. The molecule has 39 heavy (non-hydrogen) atoms. The molecule has 0 radical (unpaired) electrons. The molecular weight excluding hydrogens is 549 g/mol. The summed E-state index contributed by atoms with van der Waals surface area (Å²) in [6.07, 6.45) is -6.63. The Morgan fingerprint density at radius 2 is 1.74 bits per heavy atom. The number of aliphatic hydroxyl groups excluding tert-OH is 3. The summed E-state index contributed by atoms with van der Waals surface area (Å²) >= 11 is 5.76. The maximum atomic E-state index is 12.2. The van der Waals surface area contributed by atoms with Crippen LogP contribution in [-0.4, -0.2) is 80.4 Å². The number of nitrogens with zero attached hydrogens (tertiary/aromatic N) is 3. The van der Waals surface area contributed by atoms with Crippen molar-refractivity contribution >= 4 is 41.1 Å². The van der Waals surface area contributed by atoms with Crippen molar-refractivity contribution in [1.82, 2.24) is 15.3 Å². The van der Waals surface area contributed by atoms with Crippen LogP contribution in [0.1, 0.15) is 28.9 Å². The summed E-state index contributed by atoms with van der Waals surface area (Å²) in [5, 5.41) is 42.9. The van der Waals surface area contributed by atoms with Gasteiger partial charge < -0.3 is 51.9 Å². The summed E-state index contributed by atoms with van der Waals surface area (Å²) in [4.78, 5) is 34.9. The van der Waals surface area contributed by atoms with Crippen LogP contribution in [0.4, 0.5) is 11.6 Å². The van der Waals surface area contributed by atoms with E-state index in [1.54, 1.807) is 24.3 Å². The van der Waals surface area contributed by atoms with Crippen molar-refractivity contribution < 1.29 is 69.0 Å². The molecule has 0 unspecified atom stereocenters. The SMILES string of the molecule is NC(=NCCCCc1ccc(O[C@@H]2O[C@H](C(=O)[O-])[C@H](O)[C@@H](O)[C@@H]2O)cc1)NC(=O)c1nc(Cl)c(N)nc1N.[Na+]. The fourth-order valence-corrected chi connectivity index (χ4v) is 3.60. The Hall–Kier alpha value is -2.76. The van der Waals surface area contributed by atoms with Crippen molar-refractivity contribution in [3.8, 4) is 5.75 Å². The van der Waals surface area contributed by atoms with E-state index < -0.39 is 42.6 Å². The minimum atomic E-state index is -1.86. The first-order chi connectivity index (χ1) is 18.0. The topological polar surface area (TPSA) is 265 Å². The van der Waals surface area contributed by atoms with Crippen LogP contribution in [0.3, 0.4) is 0 Å². The molecule has 1 amide bonds. The second kappa shape index (κ2) is 14.6. The number of benzene rings is 1. The number of amides is 1. The Bertz CT molecular complexity index is 1190. The first kappa shape index (κ1) is 32.5. The van der Waals surface area contributed by atoms with E-state index in [9.17, 15) is 30.0 Å². The van der Waals surface area contributed by atoms with E-state index in [4.69, 9.17) is 38.3 Å². The second-order valence-corrected chi connectivity index (χ2v) is 8.65. The number of rotatable bonds is 9. The van der Waals surface area contributed by atoms with Gasteiger partial charge in [-0.2, -0.15) is 0 Å². The van der Waals surface area contributed by atoms with Gasteiger partial charge >= 0.3 is 29.6 Å². The number of aliphatic imine (C=N–C) groups is 1. The summed E-state index contributed by atoms with van der Waals surface area (Å²) < 4.78 is 10.5. The molecule has 0 bridgehead atoms. The zero-order valence-corrected chi connectivity index (χ0v) is 23.6. The standard InChI is InChI=1S/C22H28ClN7O8.Na/c23-16-18(25)29-17(24)11(28-16)19(34)30-22(26)27-8-2-1-3-9-4-6-10(7-5-9)37-21-14(33)12(31)13(32)15(38-21)20(35)36;/h4-7,12-15,21,31-33H,1-3,8H2,(H,35,36)(H4,24,25,29)(H3,26,27,30,34);/q;+1/p-1/t12-,13-,14+,15+,21-;/m1./s1. The Kier molecular flexibility index (Phi) is 12.1. The summed E-state index contributed by atoms with van der Waals surface area (Å²) in [5.41, 5.74) is 17.6. The maximum Gasteiger partial charge on any atom is 1.00 e. The van der Waals surface area contributed by atoms with Crippen LogP contribution >= 0.6 is 11.6 Å². The van der Waals surface area contributed by atoms with Crippen LogP contribution in [0.25, 0.3) is 0 Å². The fourth-order valence-electron chi connectivity index (χ4n) is 3.47. The van der Waals surface area contributed by atoms with Gasteiger partial charge in [0.1, 0.15) is 30.2 Å². The van der Waals surface area contributed by atoms with Crippen LogP contribution in [0, 0.1) is 0 Å². The average Bonchev–Trinajstić information content (AvgIpc) is 2.86. The first-order valence-corrected chi connectivity index (χ1v) is 11.7. The van der Waals surface area contributed by atoms with Crippen LogP contribution in [0.15, 0.2) is 29.3 Å². The molecule has 15 nitrogen and oxygen atoms in total. The number of halogens is 1. The van der Waals surface area contributed by atoms with Gasteiger partial charge in [-0.25, -0.2) is 9.97 Å². The monoisotopic (exact) mass is 575 g/mol. The number of guanidine groups is 1. The summed E-state index contributed by atoms with van der Waals surface area (Å²) in [7, 11) is 0. The smallest absolute Gasteiger partial charge is 0.547 e. The number of hydrogen-bond donors (Lipinski definition) is 7. The summed E-state index contributed by atoms with van der Waals surface area (Å²) in [6.45, 7) is 0.335. The van der Waals surface area contributed by atoms with Crippen molar-refractivity contribution in [1.29, 1.82) is 0 Å². The minimum absolute atomic E-state index is 0. The number of carboxylic acid groups (broad SMARTS) is 1. The molecule has 0 saturated carbocycles. The normalized spacial score (nSPS) is 23.0. The molecule has 10 N–H and O–H groups in total. The van der Waals surface area contributed by atoms with Gasteiger partial charge in [0.05, 0.1) is 5.97 Å². The van der Waals surface area contributed by atoms with Crippen LogP contribution in [0.2, 0.25) is 5.15 Å². The molecule has 1 fully saturated rings. The van der Waals surface area contributed by atoms with Crippen LogP contribution < -0.4 is 61.9 Å². The third kappa shape index (κ3) is 8.61. The van der Waals surface area contributed by atoms with Gasteiger partial charge in [-0.05, 0) is 37.0 Å². The van der Waals surface area contributed by atoms with Gasteiger partial charge in [-0.1, -0.05) is 23.7 Å². The van der Waals surface area contributed by atoms with Gasteiger partial charge in [0.2, 0.25) is 6.29 Å². The third-order valence-electron chi connectivity index (χ3n) is 5.49. The number of aromatic nitrogens is 2. The van der Waals surface area contributed by atoms with E-state index in [0.717, 1.165) is 12.0 Å². The molecule has 2 aromatic rings. The van der Waals surface area contributed by atoms with Gasteiger partial charge in [-0.3, -0.25) is 15.1 Å². The predicted molar refractivity (Wildman–Crippen MR) is 132 cm³/mol. The zero-order chi connectivity index (χ0) is 28.0. The van der Waals surface area contributed by atoms with Gasteiger partial charge in [0.25, 0.3) is 5.91 Å². The molecule has 0 aliphatic carbocycles. The number of nitrogens with one attached hydrogen (secondary N) is 1. The number of aryl methyl sites for hydroxylation is 1. The molecule has 206 valence electrons. The van der Waals surface area contributed by atoms with Crippen molar-refractivity contribution in [3.63, 3.8) is 0 Å². The van der Waals surface area contributed by atoms with E-state index >= 15 is 0 Å². The quantitative estimate of drug-likeness (QED) is 0.0636. The van der Waals surface area contributed by atoms with Gasteiger partial charge in [0.15, 0.2) is 28.4 Å². The Balaban J connectivity index is 0.00000533. The number of nitrogens with two attached hydrogens (primary N) is 3. The molecule has 5 atom stereocenters. The first-order valence-electron chi connectivity index (χ1n) is 11.3. The number of unbranched alkanes of at least 4 members (excludes halogenated alkanes) is 1. The zero-order valence-electron chi connectivity index (χ0n) is 20.9. The predicted octanol–water partition coefficient (Wildman–Crippen LogP) is -5.70. The van der Waals surface area contributed by atoms with E-state index in [2.05, 4.69) is 20.3 Å². The number of anilines is 2.